The maximum Gasteiger partial charge on any atom is 0.325 e. The summed E-state index contributed by atoms with van der Waals surface area (Å²) in [4.78, 5) is 39.4. The molecule has 0 radical (unpaired) electrons. The third kappa shape index (κ3) is 2.06. The molecule has 1 aromatic rings. The Balaban J connectivity index is 1.96. The number of aryl methyl sites for hydroxylation is 1. The first kappa shape index (κ1) is 14.6. The van der Waals surface area contributed by atoms with Crippen LogP contribution in [0.3, 0.4) is 0 Å². The number of amides is 4. The molecule has 1 heterocycles. The zero-order chi connectivity index (χ0) is 15.9. The van der Waals surface area contributed by atoms with Gasteiger partial charge in [0.1, 0.15) is 12.1 Å². The van der Waals surface area contributed by atoms with Crippen molar-refractivity contribution >= 4 is 17.8 Å². The highest BCUT2D eigenvalue weighted by Gasteiger charge is 2.54. The van der Waals surface area contributed by atoms with E-state index in [1.165, 1.54) is 4.90 Å². The number of hydrogen-bond donors (Lipinski definition) is 1. The number of carbonyl (C=O) groups excluding carboxylic acids is 3. The van der Waals surface area contributed by atoms with Gasteiger partial charge < -0.3 is 10.2 Å². The van der Waals surface area contributed by atoms with E-state index in [4.69, 9.17) is 0 Å². The number of likely N-dealkylation sites (N-methyl/N-ethyl adjacent to an activating group) is 1. The molecular formula is C16H19N3O3. The van der Waals surface area contributed by atoms with Gasteiger partial charge in [-0.25, -0.2) is 4.79 Å². The van der Waals surface area contributed by atoms with Crippen molar-refractivity contribution in [2.75, 3.05) is 20.6 Å². The standard InChI is InChI=1S/C16H19N3O3/c1-18(2)13(20)10-19-14(21)16(17-15(19)22)9-5-7-11-6-3-4-8-12(11)16/h3-4,6,8H,5,7,9-10H2,1-2H3,(H,17,22)/t16-/m1/s1. The van der Waals surface area contributed by atoms with Crippen LogP contribution in [0.25, 0.3) is 0 Å². The molecular weight excluding hydrogens is 282 g/mol. The van der Waals surface area contributed by atoms with Crippen molar-refractivity contribution in [1.29, 1.82) is 0 Å². The Hall–Kier alpha value is -2.37. The second-order valence-corrected chi connectivity index (χ2v) is 6.03. The summed E-state index contributed by atoms with van der Waals surface area (Å²) in [6.07, 6.45) is 2.30. The average Bonchev–Trinajstić information content (AvgIpc) is 2.73. The number of carbonyl (C=O) groups is 3. The van der Waals surface area contributed by atoms with Crippen molar-refractivity contribution < 1.29 is 14.4 Å². The van der Waals surface area contributed by atoms with Gasteiger partial charge in [-0.3, -0.25) is 14.5 Å². The lowest BCUT2D eigenvalue weighted by atomic mass is 9.76. The first-order valence-corrected chi connectivity index (χ1v) is 7.38. The van der Waals surface area contributed by atoms with E-state index >= 15 is 0 Å². The largest absolute Gasteiger partial charge is 0.347 e. The summed E-state index contributed by atoms with van der Waals surface area (Å²) in [5.41, 5.74) is 0.945. The second kappa shape index (κ2) is 5.12. The van der Waals surface area contributed by atoms with E-state index in [0.717, 1.165) is 28.9 Å². The third-order valence-electron chi connectivity index (χ3n) is 4.44. The number of fused-ring (bicyclic) bond motifs is 2. The van der Waals surface area contributed by atoms with E-state index < -0.39 is 11.6 Å². The predicted molar refractivity (Wildman–Crippen MR) is 80.0 cm³/mol. The highest BCUT2D eigenvalue weighted by molar-refractivity contribution is 6.09. The molecule has 1 saturated heterocycles. The lowest BCUT2D eigenvalue weighted by molar-refractivity contribution is -0.138. The van der Waals surface area contributed by atoms with Crippen LogP contribution in [0.15, 0.2) is 24.3 Å². The van der Waals surface area contributed by atoms with Crippen LogP contribution < -0.4 is 5.32 Å². The fraction of sp³-hybridized carbons (Fsp3) is 0.438. The van der Waals surface area contributed by atoms with Crippen LogP contribution in [0.2, 0.25) is 0 Å². The summed E-state index contributed by atoms with van der Waals surface area (Å²) in [5.74, 6) is -0.593. The molecule has 3 rings (SSSR count). The minimum atomic E-state index is -1.00. The number of nitrogens with zero attached hydrogens (tertiary/aromatic N) is 2. The van der Waals surface area contributed by atoms with Gasteiger partial charge in [0.2, 0.25) is 5.91 Å². The van der Waals surface area contributed by atoms with E-state index in [9.17, 15) is 14.4 Å². The van der Waals surface area contributed by atoms with Gasteiger partial charge in [0.15, 0.2) is 0 Å². The van der Waals surface area contributed by atoms with Gasteiger partial charge >= 0.3 is 6.03 Å². The Kier molecular flexibility index (Phi) is 3.39. The average molecular weight is 301 g/mol. The number of nitrogens with one attached hydrogen (secondary N) is 1. The van der Waals surface area contributed by atoms with Gasteiger partial charge in [0, 0.05) is 14.1 Å². The number of hydrogen-bond acceptors (Lipinski definition) is 3. The third-order valence-corrected chi connectivity index (χ3v) is 4.44. The first-order valence-electron chi connectivity index (χ1n) is 7.38. The molecule has 0 unspecified atom stereocenters. The van der Waals surface area contributed by atoms with E-state index in [2.05, 4.69) is 5.32 Å². The summed E-state index contributed by atoms with van der Waals surface area (Å²) in [7, 11) is 3.21. The number of benzene rings is 1. The molecule has 1 spiro atoms. The molecule has 0 aromatic heterocycles. The zero-order valence-corrected chi connectivity index (χ0v) is 12.8. The van der Waals surface area contributed by atoms with E-state index in [1.54, 1.807) is 14.1 Å². The van der Waals surface area contributed by atoms with Crippen LogP contribution in [-0.2, 0) is 21.5 Å². The van der Waals surface area contributed by atoms with Crippen LogP contribution in [0, 0.1) is 0 Å². The molecule has 0 saturated carbocycles. The molecule has 1 aliphatic carbocycles. The van der Waals surface area contributed by atoms with Crippen molar-refractivity contribution in [2.45, 2.75) is 24.8 Å². The molecule has 4 amide bonds. The quantitative estimate of drug-likeness (QED) is 0.824. The van der Waals surface area contributed by atoms with Gasteiger partial charge in [-0.2, -0.15) is 0 Å². The molecule has 6 heteroatoms. The van der Waals surface area contributed by atoms with Crippen molar-refractivity contribution in [3.63, 3.8) is 0 Å². The Morgan fingerprint density at radius 3 is 2.77 bits per heavy atom. The summed E-state index contributed by atoms with van der Waals surface area (Å²) in [6, 6.07) is 7.20. The van der Waals surface area contributed by atoms with Gasteiger partial charge in [0.05, 0.1) is 0 Å². The number of imide groups is 1. The minimum absolute atomic E-state index is 0.221. The smallest absolute Gasteiger partial charge is 0.325 e. The van der Waals surface area contributed by atoms with E-state index in [1.807, 2.05) is 24.3 Å². The number of urea groups is 1. The van der Waals surface area contributed by atoms with E-state index in [-0.39, 0.29) is 18.4 Å². The molecule has 2 aliphatic rings. The lowest BCUT2D eigenvalue weighted by Crippen LogP contribution is -2.47. The normalized spacial score (nSPS) is 23.5. The van der Waals surface area contributed by atoms with Crippen LogP contribution in [0.4, 0.5) is 4.79 Å². The molecule has 116 valence electrons. The Bertz CT molecular complexity index is 656. The molecule has 0 bridgehead atoms. The highest BCUT2D eigenvalue weighted by Crippen LogP contribution is 2.39. The molecule has 22 heavy (non-hydrogen) atoms. The van der Waals surface area contributed by atoms with Crippen molar-refractivity contribution in [3.05, 3.63) is 35.4 Å². The summed E-state index contributed by atoms with van der Waals surface area (Å²) in [6.45, 7) is -0.221. The van der Waals surface area contributed by atoms with Crippen LogP contribution >= 0.6 is 0 Å². The van der Waals surface area contributed by atoms with Gasteiger partial charge in [0.25, 0.3) is 5.91 Å². The maximum absolute atomic E-state index is 12.9. The Morgan fingerprint density at radius 2 is 2.05 bits per heavy atom. The molecule has 1 fully saturated rings. The molecule has 1 N–H and O–H groups in total. The minimum Gasteiger partial charge on any atom is -0.347 e. The zero-order valence-electron chi connectivity index (χ0n) is 12.8. The van der Waals surface area contributed by atoms with Crippen LogP contribution in [-0.4, -0.2) is 48.3 Å². The second-order valence-electron chi connectivity index (χ2n) is 6.03. The topological polar surface area (TPSA) is 69.7 Å². The van der Waals surface area contributed by atoms with Crippen molar-refractivity contribution in [2.24, 2.45) is 0 Å². The van der Waals surface area contributed by atoms with Gasteiger partial charge in [-0.05, 0) is 30.4 Å². The van der Waals surface area contributed by atoms with Crippen LogP contribution in [0.5, 0.6) is 0 Å². The first-order chi connectivity index (χ1) is 10.5. The van der Waals surface area contributed by atoms with Crippen molar-refractivity contribution in [1.82, 2.24) is 15.1 Å². The molecule has 1 atom stereocenters. The van der Waals surface area contributed by atoms with Crippen molar-refractivity contribution in [3.8, 4) is 0 Å². The molecule has 6 nitrogen and oxygen atoms in total. The summed E-state index contributed by atoms with van der Waals surface area (Å²) < 4.78 is 0. The fourth-order valence-electron chi connectivity index (χ4n) is 3.23. The molecule has 1 aromatic carbocycles. The SMILES string of the molecule is CN(C)C(=O)CN1C(=O)N[C@@]2(CCCc3ccccc32)C1=O. The monoisotopic (exact) mass is 301 g/mol. The predicted octanol–water partition coefficient (Wildman–Crippen LogP) is 0.858. The highest BCUT2D eigenvalue weighted by atomic mass is 16.2. The summed E-state index contributed by atoms with van der Waals surface area (Å²) >= 11 is 0. The molecule has 1 aliphatic heterocycles. The van der Waals surface area contributed by atoms with Gasteiger partial charge in [-0.1, -0.05) is 24.3 Å². The summed E-state index contributed by atoms with van der Waals surface area (Å²) in [5, 5.41) is 2.84. The number of rotatable bonds is 2. The Labute approximate surface area is 129 Å². The van der Waals surface area contributed by atoms with Gasteiger partial charge in [-0.15, -0.1) is 0 Å². The Morgan fingerprint density at radius 1 is 1.32 bits per heavy atom. The fourth-order valence-corrected chi connectivity index (χ4v) is 3.23. The van der Waals surface area contributed by atoms with E-state index in [0.29, 0.717) is 6.42 Å². The maximum atomic E-state index is 12.9. The van der Waals surface area contributed by atoms with Crippen LogP contribution in [0.1, 0.15) is 24.0 Å². The lowest BCUT2D eigenvalue weighted by Gasteiger charge is -2.33.